The van der Waals surface area contributed by atoms with E-state index in [1.807, 2.05) is 6.92 Å². The van der Waals surface area contributed by atoms with Gasteiger partial charge < -0.3 is 9.47 Å². The van der Waals surface area contributed by atoms with Crippen molar-refractivity contribution in [3.8, 4) is 5.75 Å². The number of morpholine rings is 1. The molecular weight excluding hydrogens is 248 g/mol. The fourth-order valence-corrected chi connectivity index (χ4v) is 2.00. The number of nitro groups is 1. The summed E-state index contributed by atoms with van der Waals surface area (Å²) in [6, 6.07) is 4.91. The van der Waals surface area contributed by atoms with Gasteiger partial charge in [-0.2, -0.15) is 0 Å². The van der Waals surface area contributed by atoms with E-state index in [2.05, 4.69) is 4.90 Å². The van der Waals surface area contributed by atoms with Crippen LogP contribution in [0.5, 0.6) is 5.75 Å². The molecule has 1 saturated heterocycles. The molecule has 1 aliphatic rings. The Morgan fingerprint density at radius 1 is 1.42 bits per heavy atom. The minimum Gasteiger partial charge on any atom is -0.485 e. The largest absolute Gasteiger partial charge is 0.485 e. The summed E-state index contributed by atoms with van der Waals surface area (Å²) in [4.78, 5) is 12.7. The maximum atomic E-state index is 10.9. The fraction of sp³-hybridized carbons (Fsp3) is 0.538. The predicted molar refractivity (Wildman–Crippen MR) is 70.6 cm³/mol. The molecule has 6 nitrogen and oxygen atoms in total. The Morgan fingerprint density at radius 2 is 2.16 bits per heavy atom. The Morgan fingerprint density at radius 3 is 2.84 bits per heavy atom. The molecule has 0 N–H and O–H groups in total. The van der Waals surface area contributed by atoms with Crippen molar-refractivity contribution < 1.29 is 14.4 Å². The molecule has 1 heterocycles. The first kappa shape index (κ1) is 13.8. The third-order valence-electron chi connectivity index (χ3n) is 3.08. The van der Waals surface area contributed by atoms with Crippen molar-refractivity contribution >= 4 is 5.69 Å². The number of aryl methyl sites for hydroxylation is 1. The maximum Gasteiger partial charge on any atom is 0.310 e. The van der Waals surface area contributed by atoms with Crippen LogP contribution < -0.4 is 4.74 Å². The quantitative estimate of drug-likeness (QED) is 0.598. The van der Waals surface area contributed by atoms with Gasteiger partial charge in [0.1, 0.15) is 6.61 Å². The monoisotopic (exact) mass is 266 g/mol. The summed E-state index contributed by atoms with van der Waals surface area (Å²) in [5, 5.41) is 10.9. The summed E-state index contributed by atoms with van der Waals surface area (Å²) in [5.41, 5.74) is 0.972. The molecule has 0 spiro atoms. The van der Waals surface area contributed by atoms with Crippen LogP contribution in [0.2, 0.25) is 0 Å². The number of hydrogen-bond donors (Lipinski definition) is 0. The lowest BCUT2D eigenvalue weighted by Crippen LogP contribution is -2.38. The normalized spacial score (nSPS) is 16.3. The zero-order valence-corrected chi connectivity index (χ0v) is 11.0. The van der Waals surface area contributed by atoms with Crippen LogP contribution in [0.25, 0.3) is 0 Å². The van der Waals surface area contributed by atoms with Crippen LogP contribution in [-0.2, 0) is 4.74 Å². The molecule has 0 unspecified atom stereocenters. The number of benzene rings is 1. The molecule has 0 saturated carbocycles. The van der Waals surface area contributed by atoms with E-state index < -0.39 is 4.92 Å². The molecule has 0 bridgehead atoms. The van der Waals surface area contributed by atoms with Crippen molar-refractivity contribution in [3.63, 3.8) is 0 Å². The molecule has 1 aromatic rings. The van der Waals surface area contributed by atoms with Gasteiger partial charge in [0.15, 0.2) is 5.75 Å². The Labute approximate surface area is 112 Å². The summed E-state index contributed by atoms with van der Waals surface area (Å²) in [6.45, 7) is 6.35. The zero-order chi connectivity index (χ0) is 13.7. The molecule has 0 atom stereocenters. The first-order chi connectivity index (χ1) is 9.16. The summed E-state index contributed by atoms with van der Waals surface area (Å²) in [7, 11) is 0. The molecule has 1 aromatic carbocycles. The van der Waals surface area contributed by atoms with Crippen LogP contribution in [0.1, 0.15) is 5.56 Å². The van der Waals surface area contributed by atoms with Crippen molar-refractivity contribution in [1.82, 2.24) is 4.90 Å². The molecule has 1 fully saturated rings. The van der Waals surface area contributed by atoms with Crippen molar-refractivity contribution in [1.29, 1.82) is 0 Å². The van der Waals surface area contributed by atoms with Gasteiger partial charge in [0.25, 0.3) is 0 Å². The van der Waals surface area contributed by atoms with Gasteiger partial charge in [-0.1, -0.05) is 6.07 Å². The number of hydrogen-bond acceptors (Lipinski definition) is 5. The summed E-state index contributed by atoms with van der Waals surface area (Å²) in [6.07, 6.45) is 0. The lowest BCUT2D eigenvalue weighted by Gasteiger charge is -2.26. The van der Waals surface area contributed by atoms with E-state index in [0.29, 0.717) is 12.4 Å². The van der Waals surface area contributed by atoms with E-state index in [-0.39, 0.29) is 5.69 Å². The third-order valence-corrected chi connectivity index (χ3v) is 3.08. The van der Waals surface area contributed by atoms with E-state index in [4.69, 9.17) is 9.47 Å². The second-order valence-corrected chi connectivity index (χ2v) is 4.53. The highest BCUT2D eigenvalue weighted by molar-refractivity contribution is 5.48. The van der Waals surface area contributed by atoms with E-state index in [1.54, 1.807) is 12.1 Å². The first-order valence-electron chi connectivity index (χ1n) is 6.35. The summed E-state index contributed by atoms with van der Waals surface area (Å²) < 4.78 is 10.8. The van der Waals surface area contributed by atoms with Crippen molar-refractivity contribution in [2.75, 3.05) is 39.5 Å². The number of nitrogens with zero attached hydrogens (tertiary/aromatic N) is 2. The number of ether oxygens (including phenoxy) is 2. The Hall–Kier alpha value is -1.66. The SMILES string of the molecule is Cc1ccc([N+](=O)[O-])c(OCCN2CCOCC2)c1. The maximum absolute atomic E-state index is 10.9. The van der Waals surface area contributed by atoms with Crippen LogP contribution in [0.3, 0.4) is 0 Å². The molecule has 2 rings (SSSR count). The van der Waals surface area contributed by atoms with Crippen LogP contribution in [0.4, 0.5) is 5.69 Å². The van der Waals surface area contributed by atoms with Gasteiger partial charge in [0, 0.05) is 25.7 Å². The highest BCUT2D eigenvalue weighted by atomic mass is 16.6. The summed E-state index contributed by atoms with van der Waals surface area (Å²) in [5.74, 6) is 0.346. The lowest BCUT2D eigenvalue weighted by molar-refractivity contribution is -0.385. The Balaban J connectivity index is 1.91. The minimum atomic E-state index is -0.413. The van der Waals surface area contributed by atoms with E-state index >= 15 is 0 Å². The molecule has 19 heavy (non-hydrogen) atoms. The first-order valence-corrected chi connectivity index (χ1v) is 6.35. The number of rotatable bonds is 5. The Kier molecular flexibility index (Phi) is 4.70. The van der Waals surface area contributed by atoms with Gasteiger partial charge in [-0.15, -0.1) is 0 Å². The average Bonchev–Trinajstić information content (AvgIpc) is 2.39. The molecule has 6 heteroatoms. The van der Waals surface area contributed by atoms with E-state index in [0.717, 1.165) is 38.4 Å². The second kappa shape index (κ2) is 6.49. The second-order valence-electron chi connectivity index (χ2n) is 4.53. The molecule has 104 valence electrons. The third kappa shape index (κ3) is 3.90. The molecule has 1 aliphatic heterocycles. The Bertz CT molecular complexity index is 444. The van der Waals surface area contributed by atoms with Crippen molar-refractivity contribution in [2.24, 2.45) is 0 Å². The molecule has 0 radical (unpaired) electrons. The van der Waals surface area contributed by atoms with Crippen LogP contribution >= 0.6 is 0 Å². The highest BCUT2D eigenvalue weighted by Crippen LogP contribution is 2.27. The van der Waals surface area contributed by atoms with Gasteiger partial charge in [0.05, 0.1) is 18.1 Å². The van der Waals surface area contributed by atoms with Crippen LogP contribution in [0.15, 0.2) is 18.2 Å². The predicted octanol–water partition coefficient (Wildman–Crippen LogP) is 1.61. The van der Waals surface area contributed by atoms with Gasteiger partial charge in [-0.05, 0) is 18.6 Å². The smallest absolute Gasteiger partial charge is 0.310 e. The molecule has 0 amide bonds. The van der Waals surface area contributed by atoms with E-state index in [9.17, 15) is 10.1 Å². The van der Waals surface area contributed by atoms with Crippen LogP contribution in [0, 0.1) is 17.0 Å². The van der Waals surface area contributed by atoms with Crippen LogP contribution in [-0.4, -0.2) is 49.3 Å². The van der Waals surface area contributed by atoms with Crippen molar-refractivity contribution in [2.45, 2.75) is 6.92 Å². The minimum absolute atomic E-state index is 0.0209. The van der Waals surface area contributed by atoms with Gasteiger partial charge >= 0.3 is 5.69 Å². The van der Waals surface area contributed by atoms with E-state index in [1.165, 1.54) is 6.07 Å². The summed E-state index contributed by atoms with van der Waals surface area (Å²) >= 11 is 0. The zero-order valence-electron chi connectivity index (χ0n) is 11.0. The fourth-order valence-electron chi connectivity index (χ4n) is 2.00. The number of nitro benzene ring substituents is 1. The van der Waals surface area contributed by atoms with Crippen molar-refractivity contribution in [3.05, 3.63) is 33.9 Å². The van der Waals surface area contributed by atoms with Gasteiger partial charge in [0.2, 0.25) is 0 Å². The molecular formula is C13H18N2O4. The average molecular weight is 266 g/mol. The van der Waals surface area contributed by atoms with Gasteiger partial charge in [-0.25, -0.2) is 0 Å². The highest BCUT2D eigenvalue weighted by Gasteiger charge is 2.16. The molecule has 0 aliphatic carbocycles. The standard InChI is InChI=1S/C13H18N2O4/c1-11-2-3-12(15(16)17)13(10-11)19-9-6-14-4-7-18-8-5-14/h2-3,10H,4-9H2,1H3. The topological polar surface area (TPSA) is 64.8 Å². The molecule has 0 aromatic heterocycles. The van der Waals surface area contributed by atoms with Gasteiger partial charge in [-0.3, -0.25) is 15.0 Å². The lowest BCUT2D eigenvalue weighted by atomic mass is 10.2.